The van der Waals surface area contributed by atoms with E-state index in [0.717, 1.165) is 47.4 Å². The molecular formula is C28H39N3O4S. The van der Waals surface area contributed by atoms with Gasteiger partial charge >= 0.3 is 0 Å². The van der Waals surface area contributed by atoms with Gasteiger partial charge in [-0.3, -0.25) is 14.3 Å². The summed E-state index contributed by atoms with van der Waals surface area (Å²) >= 11 is 0. The average molecular weight is 514 g/mol. The quantitative estimate of drug-likeness (QED) is 0.462. The molecule has 2 amide bonds. The van der Waals surface area contributed by atoms with Crippen LogP contribution in [-0.4, -0.2) is 39.6 Å². The first-order valence-electron chi connectivity index (χ1n) is 12.6. The van der Waals surface area contributed by atoms with Gasteiger partial charge in [0.05, 0.1) is 24.1 Å². The molecule has 2 aromatic carbocycles. The van der Waals surface area contributed by atoms with Crippen molar-refractivity contribution in [2.45, 2.75) is 53.4 Å². The van der Waals surface area contributed by atoms with E-state index in [-0.39, 0.29) is 24.2 Å². The minimum absolute atomic E-state index is 0.0720. The highest BCUT2D eigenvalue weighted by Gasteiger charge is 2.45. The van der Waals surface area contributed by atoms with Crippen LogP contribution in [0.1, 0.15) is 56.7 Å². The van der Waals surface area contributed by atoms with Gasteiger partial charge < -0.3 is 10.2 Å². The lowest BCUT2D eigenvalue weighted by molar-refractivity contribution is -0.120. The van der Waals surface area contributed by atoms with Crippen molar-refractivity contribution in [1.29, 1.82) is 0 Å². The third kappa shape index (κ3) is 8.08. The standard InChI is InChI=1S/C28H39N3O4S/c1-18(2)16-31(17-19(3)4)26-12-11-22(23-15-24(23)28(33)30-36(6,34)35)14-25(26)29-27(32)13-21-9-7-20(5)8-10-21/h7-12,14,18-19,23-24H,13,15-17H2,1-6H3,(H,29,32)(H,30,33)/t23-,24-/m0/s1. The van der Waals surface area contributed by atoms with Crippen LogP contribution in [0.2, 0.25) is 0 Å². The fourth-order valence-electron chi connectivity index (χ4n) is 4.51. The molecule has 196 valence electrons. The van der Waals surface area contributed by atoms with Gasteiger partial charge in [-0.25, -0.2) is 8.42 Å². The first-order chi connectivity index (χ1) is 16.8. The molecule has 1 fully saturated rings. The topological polar surface area (TPSA) is 95.6 Å². The highest BCUT2D eigenvalue weighted by Crippen LogP contribution is 2.49. The number of nitrogens with zero attached hydrogens (tertiary/aromatic N) is 1. The third-order valence-electron chi connectivity index (χ3n) is 6.13. The lowest BCUT2D eigenvalue weighted by Gasteiger charge is -2.31. The van der Waals surface area contributed by atoms with Gasteiger partial charge in [0.2, 0.25) is 21.8 Å². The lowest BCUT2D eigenvalue weighted by Crippen LogP contribution is -2.32. The molecule has 0 heterocycles. The predicted octanol–water partition coefficient (Wildman–Crippen LogP) is 4.47. The van der Waals surface area contributed by atoms with E-state index in [1.54, 1.807) is 0 Å². The summed E-state index contributed by atoms with van der Waals surface area (Å²) in [5.41, 5.74) is 4.69. The molecule has 0 radical (unpaired) electrons. The minimum atomic E-state index is -3.59. The number of hydrogen-bond acceptors (Lipinski definition) is 5. The number of benzene rings is 2. The largest absolute Gasteiger partial charge is 0.369 e. The van der Waals surface area contributed by atoms with E-state index in [9.17, 15) is 18.0 Å². The zero-order valence-corrected chi connectivity index (χ0v) is 23.0. The van der Waals surface area contributed by atoms with Crippen LogP contribution in [0.3, 0.4) is 0 Å². The van der Waals surface area contributed by atoms with Crippen LogP contribution in [0, 0.1) is 24.7 Å². The number of amides is 2. The molecule has 0 saturated heterocycles. The summed E-state index contributed by atoms with van der Waals surface area (Å²) in [5.74, 6) is -0.161. The lowest BCUT2D eigenvalue weighted by atomic mass is 10.0. The Morgan fingerprint density at radius 2 is 1.61 bits per heavy atom. The van der Waals surface area contributed by atoms with Crippen molar-refractivity contribution in [3.05, 3.63) is 59.2 Å². The summed E-state index contributed by atoms with van der Waals surface area (Å²) < 4.78 is 25.0. The van der Waals surface area contributed by atoms with Crippen molar-refractivity contribution < 1.29 is 18.0 Å². The van der Waals surface area contributed by atoms with Gasteiger partial charge in [0, 0.05) is 19.0 Å². The van der Waals surface area contributed by atoms with E-state index in [1.807, 2.05) is 49.4 Å². The Hall–Kier alpha value is -2.87. The molecule has 36 heavy (non-hydrogen) atoms. The summed E-state index contributed by atoms with van der Waals surface area (Å²) in [6.07, 6.45) is 1.83. The zero-order chi connectivity index (χ0) is 26.6. The van der Waals surface area contributed by atoms with E-state index < -0.39 is 15.9 Å². The Balaban J connectivity index is 1.88. The molecule has 1 aliphatic rings. The van der Waals surface area contributed by atoms with Gasteiger partial charge in [-0.05, 0) is 54.4 Å². The first kappa shape index (κ1) is 27.7. The van der Waals surface area contributed by atoms with E-state index in [0.29, 0.717) is 18.3 Å². The van der Waals surface area contributed by atoms with Gasteiger partial charge in [0.1, 0.15) is 0 Å². The number of anilines is 2. The van der Waals surface area contributed by atoms with Gasteiger partial charge in [0.15, 0.2) is 0 Å². The Bertz CT molecular complexity index is 1180. The number of carbonyl (C=O) groups excluding carboxylic acids is 2. The molecule has 7 nitrogen and oxygen atoms in total. The molecule has 1 saturated carbocycles. The number of rotatable bonds is 11. The van der Waals surface area contributed by atoms with E-state index in [4.69, 9.17) is 0 Å². The molecule has 3 rings (SSSR count). The molecule has 2 atom stereocenters. The maximum atomic E-state index is 13.1. The fraction of sp³-hybridized carbons (Fsp3) is 0.500. The number of hydrogen-bond donors (Lipinski definition) is 2. The van der Waals surface area contributed by atoms with Gasteiger partial charge in [-0.2, -0.15) is 0 Å². The summed E-state index contributed by atoms with van der Waals surface area (Å²) in [7, 11) is -3.59. The Morgan fingerprint density at radius 3 is 2.17 bits per heavy atom. The molecule has 2 aromatic rings. The zero-order valence-electron chi connectivity index (χ0n) is 22.2. The van der Waals surface area contributed by atoms with Crippen LogP contribution < -0.4 is 14.9 Å². The normalized spacial score (nSPS) is 17.2. The minimum Gasteiger partial charge on any atom is -0.369 e. The third-order valence-corrected chi connectivity index (χ3v) is 6.71. The monoisotopic (exact) mass is 513 g/mol. The Labute approximate surface area is 215 Å². The maximum Gasteiger partial charge on any atom is 0.237 e. The van der Waals surface area contributed by atoms with E-state index >= 15 is 0 Å². The predicted molar refractivity (Wildman–Crippen MR) is 146 cm³/mol. The van der Waals surface area contributed by atoms with Crippen LogP contribution in [0.5, 0.6) is 0 Å². The average Bonchev–Trinajstić information content (AvgIpc) is 3.54. The highest BCUT2D eigenvalue weighted by atomic mass is 32.2. The summed E-state index contributed by atoms with van der Waals surface area (Å²) in [5, 5.41) is 3.13. The van der Waals surface area contributed by atoms with Gasteiger partial charge in [0.25, 0.3) is 0 Å². The van der Waals surface area contributed by atoms with Crippen molar-refractivity contribution in [1.82, 2.24) is 4.72 Å². The Morgan fingerprint density at radius 1 is 1.00 bits per heavy atom. The smallest absolute Gasteiger partial charge is 0.237 e. The second-order valence-corrected chi connectivity index (χ2v) is 12.6. The first-order valence-corrected chi connectivity index (χ1v) is 14.5. The van der Waals surface area contributed by atoms with Crippen LogP contribution in [0.25, 0.3) is 0 Å². The molecule has 2 N–H and O–H groups in total. The second-order valence-electron chi connectivity index (χ2n) is 10.9. The van der Waals surface area contributed by atoms with Crippen molar-refractivity contribution in [2.75, 3.05) is 29.6 Å². The molecular weight excluding hydrogens is 474 g/mol. The van der Waals surface area contributed by atoms with E-state index in [2.05, 4.69) is 42.6 Å². The maximum absolute atomic E-state index is 13.1. The van der Waals surface area contributed by atoms with Crippen molar-refractivity contribution in [2.24, 2.45) is 17.8 Å². The van der Waals surface area contributed by atoms with Crippen LogP contribution in [0.4, 0.5) is 11.4 Å². The van der Waals surface area contributed by atoms with Gasteiger partial charge in [-0.1, -0.05) is 63.6 Å². The summed E-state index contributed by atoms with van der Waals surface area (Å²) in [6, 6.07) is 13.9. The van der Waals surface area contributed by atoms with Crippen molar-refractivity contribution in [3.63, 3.8) is 0 Å². The fourth-order valence-corrected chi connectivity index (χ4v) is 5.03. The molecule has 0 aromatic heterocycles. The van der Waals surface area contributed by atoms with Gasteiger partial charge in [-0.15, -0.1) is 0 Å². The highest BCUT2D eigenvalue weighted by molar-refractivity contribution is 7.89. The molecule has 1 aliphatic carbocycles. The molecule has 0 spiro atoms. The Kier molecular flexibility index (Phi) is 8.82. The summed E-state index contributed by atoms with van der Waals surface area (Å²) in [4.78, 5) is 27.7. The number of sulfonamides is 1. The number of carbonyl (C=O) groups is 2. The van der Waals surface area contributed by atoms with E-state index in [1.165, 1.54) is 0 Å². The molecule has 0 unspecified atom stereocenters. The molecule has 0 aliphatic heterocycles. The van der Waals surface area contributed by atoms with Crippen molar-refractivity contribution in [3.8, 4) is 0 Å². The van der Waals surface area contributed by atoms with Crippen molar-refractivity contribution >= 4 is 33.2 Å². The second kappa shape index (κ2) is 11.5. The molecule has 0 bridgehead atoms. The SMILES string of the molecule is Cc1ccc(CC(=O)Nc2cc([C@@H]3C[C@@H]3C(=O)NS(C)(=O)=O)ccc2N(CC(C)C)CC(C)C)cc1. The number of aryl methyl sites for hydroxylation is 1. The molecule has 8 heteroatoms. The van der Waals surface area contributed by atoms with Crippen LogP contribution >= 0.6 is 0 Å². The van der Waals surface area contributed by atoms with Crippen LogP contribution in [-0.2, 0) is 26.0 Å². The number of nitrogens with one attached hydrogen (secondary N) is 2. The summed E-state index contributed by atoms with van der Waals surface area (Å²) in [6.45, 7) is 12.4. The van der Waals surface area contributed by atoms with Crippen LogP contribution in [0.15, 0.2) is 42.5 Å².